The first kappa shape index (κ1) is 26.6. The molecule has 2 aromatic rings. The predicted octanol–water partition coefficient (Wildman–Crippen LogP) is 4.20. The first-order chi connectivity index (χ1) is 16.3. The third-order valence-electron chi connectivity index (χ3n) is 5.83. The molecule has 34 heavy (non-hydrogen) atoms. The van der Waals surface area contributed by atoms with Crippen molar-refractivity contribution >= 4 is 5.88 Å². The maximum absolute atomic E-state index is 14.7. The van der Waals surface area contributed by atoms with Crippen LogP contribution >= 0.6 is 0 Å². The molecule has 1 atom stereocenters. The van der Waals surface area contributed by atoms with Gasteiger partial charge in [0.25, 0.3) is 0 Å². The van der Waals surface area contributed by atoms with E-state index in [0.717, 1.165) is 18.5 Å². The van der Waals surface area contributed by atoms with Crippen molar-refractivity contribution < 1.29 is 23.5 Å². The van der Waals surface area contributed by atoms with Crippen LogP contribution in [-0.4, -0.2) is 73.9 Å². The van der Waals surface area contributed by atoms with Gasteiger partial charge in [0.15, 0.2) is 0 Å². The van der Waals surface area contributed by atoms with Crippen molar-refractivity contribution in [1.82, 2.24) is 10.1 Å². The molecule has 7 nitrogen and oxygen atoms in total. The minimum atomic E-state index is -0.616. The predicted molar refractivity (Wildman–Crippen MR) is 131 cm³/mol. The topological polar surface area (TPSA) is 71.2 Å². The van der Waals surface area contributed by atoms with Gasteiger partial charge in [-0.15, -0.1) is 0 Å². The molecule has 2 heterocycles. The Morgan fingerprint density at radius 3 is 2.53 bits per heavy atom. The van der Waals surface area contributed by atoms with Crippen molar-refractivity contribution in [3.63, 3.8) is 0 Å². The van der Waals surface area contributed by atoms with Crippen LogP contribution in [0.5, 0.6) is 0 Å². The van der Waals surface area contributed by atoms with Crippen molar-refractivity contribution in [2.75, 3.05) is 57.5 Å². The van der Waals surface area contributed by atoms with E-state index in [1.165, 1.54) is 6.07 Å². The Balaban J connectivity index is 1.86. The highest BCUT2D eigenvalue weighted by Gasteiger charge is 2.27. The van der Waals surface area contributed by atoms with Crippen molar-refractivity contribution in [1.29, 1.82) is 0 Å². The summed E-state index contributed by atoms with van der Waals surface area (Å²) in [6.07, 6.45) is 0.363. The molecule has 0 aliphatic carbocycles. The molecular weight excluding hydrogens is 437 g/mol. The van der Waals surface area contributed by atoms with Crippen LogP contribution in [-0.2, 0) is 16.0 Å². The second-order valence-electron chi connectivity index (χ2n) is 9.90. The number of nitrogens with zero attached hydrogens (tertiary/aromatic N) is 3. The number of morpholine rings is 1. The lowest BCUT2D eigenvalue weighted by molar-refractivity contribution is 0.00629. The second-order valence-corrected chi connectivity index (χ2v) is 9.90. The highest BCUT2D eigenvalue weighted by Crippen LogP contribution is 2.34. The minimum absolute atomic E-state index is 0.288. The number of benzene rings is 1. The lowest BCUT2D eigenvalue weighted by Gasteiger charge is -2.29. The number of anilines is 1. The van der Waals surface area contributed by atoms with E-state index in [-0.39, 0.29) is 12.4 Å². The quantitative estimate of drug-likeness (QED) is 0.464. The number of halogens is 1. The average molecular weight is 478 g/mol. The Bertz CT molecular complexity index is 867. The number of aliphatic hydroxyl groups excluding tert-OH is 1. The fourth-order valence-electron chi connectivity index (χ4n) is 4.01. The first-order valence-corrected chi connectivity index (χ1v) is 12.4. The number of aromatic nitrogens is 1. The van der Waals surface area contributed by atoms with Gasteiger partial charge in [0, 0.05) is 38.3 Å². The van der Waals surface area contributed by atoms with Crippen LogP contribution in [0.2, 0.25) is 0 Å². The van der Waals surface area contributed by atoms with E-state index in [1.807, 2.05) is 0 Å². The molecule has 1 fully saturated rings. The van der Waals surface area contributed by atoms with Crippen LogP contribution in [0.15, 0.2) is 28.8 Å². The first-order valence-electron chi connectivity index (χ1n) is 12.4. The number of rotatable bonds is 13. The molecule has 3 rings (SSSR count). The van der Waals surface area contributed by atoms with Gasteiger partial charge in [-0.1, -0.05) is 45.0 Å². The summed E-state index contributed by atoms with van der Waals surface area (Å²) in [5.74, 6) is 1.26. The summed E-state index contributed by atoms with van der Waals surface area (Å²) in [6, 6.07) is 6.64. The molecule has 0 amide bonds. The molecule has 1 N–H and O–H groups in total. The van der Waals surface area contributed by atoms with E-state index in [2.05, 4.69) is 42.7 Å². The number of hydrogen-bond donors (Lipinski definition) is 1. The Kier molecular flexibility index (Phi) is 10.3. The summed E-state index contributed by atoms with van der Waals surface area (Å²) in [4.78, 5) is 4.31. The third kappa shape index (κ3) is 7.77. The summed E-state index contributed by atoms with van der Waals surface area (Å²) in [7, 11) is 0. The average Bonchev–Trinajstić information content (AvgIpc) is 3.21. The maximum atomic E-state index is 14.7. The van der Waals surface area contributed by atoms with Gasteiger partial charge in [-0.2, -0.15) is 0 Å². The van der Waals surface area contributed by atoms with E-state index >= 15 is 0 Å². The normalized spacial score (nSPS) is 15.6. The number of aliphatic hydroxyl groups is 1. The molecule has 190 valence electrons. The highest BCUT2D eigenvalue weighted by atomic mass is 19.1. The van der Waals surface area contributed by atoms with Gasteiger partial charge in [0.2, 0.25) is 5.88 Å². The van der Waals surface area contributed by atoms with Gasteiger partial charge in [-0.25, -0.2) is 4.39 Å². The highest BCUT2D eigenvalue weighted by molar-refractivity contribution is 5.68. The number of ether oxygens (including phenoxy) is 2. The molecule has 0 radical (unpaired) electrons. The monoisotopic (exact) mass is 477 g/mol. The van der Waals surface area contributed by atoms with Crippen LogP contribution in [0.1, 0.15) is 39.7 Å². The van der Waals surface area contributed by atoms with Gasteiger partial charge in [0.1, 0.15) is 11.5 Å². The SMILES string of the molecule is CC(C)CCN(Cc1c(-c2ccccc2F)noc1N1CCOCC1)C[C@H](O)COCC(C)C. The molecule has 1 saturated heterocycles. The molecule has 1 aliphatic heterocycles. The van der Waals surface area contributed by atoms with E-state index in [9.17, 15) is 9.50 Å². The Morgan fingerprint density at radius 2 is 1.85 bits per heavy atom. The van der Waals surface area contributed by atoms with Gasteiger partial charge in [0.05, 0.1) is 31.5 Å². The molecule has 8 heteroatoms. The second kappa shape index (κ2) is 13.2. The van der Waals surface area contributed by atoms with E-state index < -0.39 is 6.10 Å². The zero-order valence-electron chi connectivity index (χ0n) is 21.0. The van der Waals surface area contributed by atoms with Crippen LogP contribution in [0.3, 0.4) is 0 Å². The van der Waals surface area contributed by atoms with Gasteiger partial charge < -0.3 is 24.0 Å². The molecule has 1 aliphatic rings. The van der Waals surface area contributed by atoms with Crippen LogP contribution in [0.25, 0.3) is 11.3 Å². The number of hydrogen-bond acceptors (Lipinski definition) is 7. The molecule has 1 aromatic carbocycles. The van der Waals surface area contributed by atoms with E-state index in [1.54, 1.807) is 18.2 Å². The third-order valence-corrected chi connectivity index (χ3v) is 5.83. The molecule has 1 aromatic heterocycles. The minimum Gasteiger partial charge on any atom is -0.389 e. The summed E-state index contributed by atoms with van der Waals surface area (Å²) in [5, 5.41) is 15.0. The molecule has 0 bridgehead atoms. The van der Waals surface area contributed by atoms with Crippen LogP contribution in [0, 0.1) is 17.7 Å². The standard InChI is InChI=1S/C26H40FN3O4/c1-19(2)9-10-29(15-21(31)18-33-17-20(3)4)16-23-25(22-7-5-6-8-24(22)27)28-34-26(23)30-11-13-32-14-12-30/h5-8,19-21,31H,9-18H2,1-4H3/t21-/m0/s1. The van der Waals surface area contributed by atoms with Gasteiger partial charge in [-0.3, -0.25) is 4.90 Å². The summed E-state index contributed by atoms with van der Waals surface area (Å²) in [5.41, 5.74) is 1.77. The zero-order valence-corrected chi connectivity index (χ0v) is 21.0. The van der Waals surface area contributed by atoms with E-state index in [0.29, 0.717) is 75.0 Å². The molecule has 0 unspecified atom stereocenters. The fourth-order valence-corrected chi connectivity index (χ4v) is 4.01. The Labute approximate surface area is 202 Å². The van der Waals surface area contributed by atoms with Gasteiger partial charge in [-0.05, 0) is 36.9 Å². The molecule has 0 saturated carbocycles. The zero-order chi connectivity index (χ0) is 24.5. The van der Waals surface area contributed by atoms with Crippen molar-refractivity contribution in [3.05, 3.63) is 35.6 Å². The van der Waals surface area contributed by atoms with Crippen molar-refractivity contribution in [2.24, 2.45) is 11.8 Å². The summed E-state index contributed by atoms with van der Waals surface area (Å²) >= 11 is 0. The Hall–Kier alpha value is -2.00. The van der Waals surface area contributed by atoms with Crippen molar-refractivity contribution in [3.8, 4) is 11.3 Å². The smallest absolute Gasteiger partial charge is 0.232 e. The molecular formula is C26H40FN3O4. The summed E-state index contributed by atoms with van der Waals surface area (Å²) in [6.45, 7) is 13.8. The van der Waals surface area contributed by atoms with Gasteiger partial charge >= 0.3 is 0 Å². The lowest BCUT2D eigenvalue weighted by atomic mass is 10.0. The maximum Gasteiger partial charge on any atom is 0.232 e. The fraction of sp³-hybridized carbons (Fsp3) is 0.654. The van der Waals surface area contributed by atoms with Crippen LogP contribution < -0.4 is 4.90 Å². The largest absolute Gasteiger partial charge is 0.389 e. The summed E-state index contributed by atoms with van der Waals surface area (Å²) < 4.78 is 31.7. The van der Waals surface area contributed by atoms with Crippen LogP contribution in [0.4, 0.5) is 10.3 Å². The lowest BCUT2D eigenvalue weighted by Crippen LogP contribution is -2.38. The van der Waals surface area contributed by atoms with E-state index in [4.69, 9.17) is 14.0 Å². The van der Waals surface area contributed by atoms with Crippen molar-refractivity contribution in [2.45, 2.75) is 46.8 Å². The molecule has 0 spiro atoms. The Morgan fingerprint density at radius 1 is 1.12 bits per heavy atom.